The molecule has 1 N–H and O–H groups in total. The molecule has 0 saturated carbocycles. The lowest BCUT2D eigenvalue weighted by molar-refractivity contribution is -0.382. The van der Waals surface area contributed by atoms with Gasteiger partial charge in [-0.2, -0.15) is 39.5 Å². The summed E-state index contributed by atoms with van der Waals surface area (Å²) in [7, 11) is -8.77. The van der Waals surface area contributed by atoms with Gasteiger partial charge in [0, 0.05) is 21.8 Å². The highest BCUT2D eigenvalue weighted by Crippen LogP contribution is 2.60. The summed E-state index contributed by atoms with van der Waals surface area (Å²) in [6.45, 7) is 2.56. The van der Waals surface area contributed by atoms with Gasteiger partial charge in [-0.25, -0.2) is 0 Å². The van der Waals surface area contributed by atoms with Gasteiger partial charge in [-0.3, -0.25) is 3.63 Å². The van der Waals surface area contributed by atoms with E-state index in [0.29, 0.717) is 0 Å². The van der Waals surface area contributed by atoms with Crippen LogP contribution >= 0.6 is 10.3 Å². The van der Waals surface area contributed by atoms with Gasteiger partial charge in [0.05, 0.1) is 12.0 Å². The highest BCUT2D eigenvalue weighted by atomic mass is 32.3. The predicted molar refractivity (Wildman–Crippen MR) is 92.4 cm³/mol. The van der Waals surface area contributed by atoms with Gasteiger partial charge in [-0.1, -0.05) is 13.8 Å². The average molecular weight is 497 g/mol. The molecule has 0 unspecified atom stereocenters. The third-order valence-electron chi connectivity index (χ3n) is 4.13. The van der Waals surface area contributed by atoms with Gasteiger partial charge in [-0.05, 0) is 24.3 Å². The van der Waals surface area contributed by atoms with Crippen molar-refractivity contribution in [2.45, 2.75) is 42.0 Å². The molecule has 0 fully saturated rings. The summed E-state index contributed by atoms with van der Waals surface area (Å²) >= 11 is 0. The molecule has 176 valence electrons. The van der Waals surface area contributed by atoms with Crippen molar-refractivity contribution in [2.75, 3.05) is 18.6 Å². The minimum absolute atomic E-state index is 0.00132. The molecule has 0 amide bonds. The molecule has 0 atom stereocenters. The molecule has 1 aromatic rings. The van der Waals surface area contributed by atoms with Crippen molar-refractivity contribution in [1.82, 2.24) is 0 Å². The molecule has 0 spiro atoms. The van der Waals surface area contributed by atoms with E-state index in [9.17, 15) is 47.9 Å². The van der Waals surface area contributed by atoms with Crippen molar-refractivity contribution in [3.8, 4) is 5.75 Å². The third kappa shape index (κ3) is 4.20. The Kier molecular flexibility index (Phi) is 7.38. The molecule has 4 nitrogen and oxygen atoms in total. The van der Waals surface area contributed by atoms with Crippen molar-refractivity contribution in [2.24, 2.45) is 0 Å². The van der Waals surface area contributed by atoms with Gasteiger partial charge in [0.2, 0.25) is 0 Å². The predicted octanol–water partition coefficient (Wildman–Crippen LogP) is 5.66. The van der Waals surface area contributed by atoms with E-state index in [2.05, 4.69) is 3.63 Å². The topological polar surface area (TPSA) is 56.2 Å². The minimum atomic E-state index is -7.33. The number of rotatable bonds is 9. The molecule has 15 heteroatoms. The Labute approximate surface area is 168 Å². The Balaban J connectivity index is 3.52. The van der Waals surface area contributed by atoms with Crippen LogP contribution < -0.4 is 4.74 Å². The van der Waals surface area contributed by atoms with Crippen LogP contribution in [0.3, 0.4) is 0 Å². The number of benzene rings is 1. The highest BCUT2D eigenvalue weighted by molar-refractivity contribution is 8.32. The van der Waals surface area contributed by atoms with Crippen molar-refractivity contribution >= 4 is 20.4 Å². The number of hydrogen-bond donors (Lipinski definition) is 0. The highest BCUT2D eigenvalue weighted by Gasteiger charge is 2.87. The summed E-state index contributed by atoms with van der Waals surface area (Å²) in [6, 6.07) is 4.99. The molecular weight excluding hydrogens is 479 g/mol. The Bertz CT molecular complexity index is 833. The van der Waals surface area contributed by atoms with E-state index in [-0.39, 0.29) is 22.2 Å². The second-order valence-electron chi connectivity index (χ2n) is 5.81. The fraction of sp³-hybridized carbons (Fsp3) is 0.600. The summed E-state index contributed by atoms with van der Waals surface area (Å²) in [5.74, 6) is -15.0. The van der Waals surface area contributed by atoms with E-state index in [4.69, 9.17) is 4.74 Å². The van der Waals surface area contributed by atoms with Crippen LogP contribution in [0.15, 0.2) is 29.2 Å². The van der Waals surface area contributed by atoms with E-state index in [1.165, 1.54) is 45.2 Å². The quantitative estimate of drug-likeness (QED) is 0.251. The lowest BCUT2D eigenvalue weighted by Crippen LogP contribution is -2.63. The Morgan fingerprint density at radius 2 is 1.27 bits per heavy atom. The lowest BCUT2D eigenvalue weighted by Gasteiger charge is -2.36. The normalized spacial score (nSPS) is 15.2. The van der Waals surface area contributed by atoms with E-state index >= 15 is 0 Å². The average Bonchev–Trinajstić information content (AvgIpc) is 2.65. The SMILES string of the molecule is CCS(CC)([OH+]S(=O)(=O)C(F)(F)C(F)(F)C(F)(F)C(F)(F)F)c1ccc(OC)cc1. The smallest absolute Gasteiger partial charge is 0.486 e. The van der Waals surface area contributed by atoms with Crippen molar-refractivity contribution < 1.29 is 56.3 Å². The first-order chi connectivity index (χ1) is 13.4. The van der Waals surface area contributed by atoms with Gasteiger partial charge in [-0.15, -0.1) is 8.42 Å². The molecule has 1 rings (SSSR count). The molecule has 0 saturated heterocycles. The Hall–Kier alpha value is -1.35. The van der Waals surface area contributed by atoms with Crippen molar-refractivity contribution in [3.63, 3.8) is 0 Å². The van der Waals surface area contributed by atoms with Crippen LogP contribution in [-0.4, -0.2) is 53.9 Å². The van der Waals surface area contributed by atoms with Crippen LogP contribution in [-0.2, 0) is 10.1 Å². The molecule has 0 radical (unpaired) electrons. The lowest BCUT2D eigenvalue weighted by atomic mass is 10.1. The maximum absolute atomic E-state index is 14.0. The van der Waals surface area contributed by atoms with Crippen LogP contribution in [0.2, 0.25) is 0 Å². The largest absolute Gasteiger partial charge is 0.497 e. The first kappa shape index (κ1) is 26.7. The van der Waals surface area contributed by atoms with Crippen LogP contribution in [0.25, 0.3) is 0 Å². The van der Waals surface area contributed by atoms with Gasteiger partial charge >= 0.3 is 33.4 Å². The molecule has 0 aliphatic carbocycles. The van der Waals surface area contributed by atoms with Crippen molar-refractivity contribution in [1.29, 1.82) is 0 Å². The molecule has 0 aromatic heterocycles. The first-order valence-electron chi connectivity index (χ1n) is 7.98. The van der Waals surface area contributed by atoms with Gasteiger partial charge < -0.3 is 4.74 Å². The van der Waals surface area contributed by atoms with E-state index < -0.39 is 43.7 Å². The maximum Gasteiger partial charge on any atom is 0.486 e. The summed E-state index contributed by atoms with van der Waals surface area (Å²) in [6.07, 6.45) is -7.13. The molecule has 1 aromatic carbocycles. The molecule has 0 aliphatic heterocycles. The van der Waals surface area contributed by atoms with Gasteiger partial charge in [0.1, 0.15) is 5.75 Å². The second kappa shape index (κ2) is 8.30. The second-order valence-corrected chi connectivity index (χ2v) is 11.2. The number of halogens is 9. The zero-order valence-electron chi connectivity index (χ0n) is 15.6. The fourth-order valence-electron chi connectivity index (χ4n) is 2.27. The summed E-state index contributed by atoms with van der Waals surface area (Å²) < 4.78 is 150. The molecule has 0 heterocycles. The molecule has 0 bridgehead atoms. The van der Waals surface area contributed by atoms with Gasteiger partial charge in [0.25, 0.3) is 0 Å². The summed E-state index contributed by atoms with van der Waals surface area (Å²) in [4.78, 5) is -0.00132. The monoisotopic (exact) mass is 497 g/mol. The van der Waals surface area contributed by atoms with Crippen LogP contribution in [0.5, 0.6) is 5.75 Å². The number of alkyl halides is 9. The van der Waals surface area contributed by atoms with Crippen LogP contribution in [0, 0.1) is 0 Å². The van der Waals surface area contributed by atoms with E-state index in [1.54, 1.807) is 0 Å². The first-order valence-corrected chi connectivity index (χ1v) is 11.4. The number of methoxy groups -OCH3 is 1. The fourth-order valence-corrected chi connectivity index (χ4v) is 7.51. The Morgan fingerprint density at radius 1 is 0.833 bits per heavy atom. The maximum atomic E-state index is 14.0. The van der Waals surface area contributed by atoms with Crippen LogP contribution in [0.1, 0.15) is 13.8 Å². The number of hydrogen-bond acceptors (Lipinski definition) is 3. The molecular formula is C15H18F9O4S2+. The number of ether oxygens (including phenoxy) is 1. The summed E-state index contributed by atoms with van der Waals surface area (Å²) in [5, 5.41) is -6.84. The van der Waals surface area contributed by atoms with Gasteiger partial charge in [0.15, 0.2) is 0 Å². The third-order valence-corrected chi connectivity index (χ3v) is 10.0. The van der Waals surface area contributed by atoms with Crippen molar-refractivity contribution in [3.05, 3.63) is 24.3 Å². The zero-order chi connectivity index (χ0) is 23.8. The standard InChI is InChI=1S/C15H17F9O4S2/c1-4-29(5-2,11-8-6-10(27-3)7-9-11)28-30(25,26)15(23,24)13(18,19)12(16,17)14(20,21)22/h6-9H,4-5H2,1-3H3/p+1. The minimum Gasteiger partial charge on any atom is -0.497 e. The van der Waals surface area contributed by atoms with E-state index in [1.807, 2.05) is 0 Å². The molecule has 0 aliphatic rings. The van der Waals surface area contributed by atoms with E-state index in [0.717, 1.165) is 0 Å². The Morgan fingerprint density at radius 3 is 1.60 bits per heavy atom. The molecule has 30 heavy (non-hydrogen) atoms. The zero-order valence-corrected chi connectivity index (χ0v) is 17.2. The summed E-state index contributed by atoms with van der Waals surface area (Å²) in [5.41, 5.74) is 0. The van der Waals surface area contributed by atoms with Crippen LogP contribution in [0.4, 0.5) is 39.5 Å².